The third-order valence-corrected chi connectivity index (χ3v) is 0.867. The molecular formula is C8H15N. The van der Waals surface area contributed by atoms with Crippen molar-refractivity contribution in [3.05, 3.63) is 24.4 Å². The Morgan fingerprint density at radius 3 is 2.33 bits per heavy atom. The maximum absolute atomic E-state index is 2.12. The monoisotopic (exact) mass is 125 g/mol. The van der Waals surface area contributed by atoms with Crippen molar-refractivity contribution in [2.24, 2.45) is 0 Å². The van der Waals surface area contributed by atoms with Gasteiger partial charge in [0, 0.05) is 14.1 Å². The first-order valence-corrected chi connectivity index (χ1v) is 3.27. The number of rotatable bonds is 3. The molecule has 0 aromatic heterocycles. The van der Waals surface area contributed by atoms with E-state index in [1.807, 2.05) is 31.3 Å². The molecule has 0 rings (SSSR count). The molecule has 0 unspecified atom stereocenters. The van der Waals surface area contributed by atoms with Gasteiger partial charge in [0.05, 0.1) is 0 Å². The smallest absolute Gasteiger partial charge is 0.00556 e. The van der Waals surface area contributed by atoms with Crippen LogP contribution in [0.3, 0.4) is 0 Å². The van der Waals surface area contributed by atoms with Crippen LogP contribution in [0.15, 0.2) is 24.4 Å². The van der Waals surface area contributed by atoms with Crippen LogP contribution >= 0.6 is 0 Å². The molecule has 0 aliphatic carbocycles. The third-order valence-electron chi connectivity index (χ3n) is 0.867. The highest BCUT2D eigenvalue weighted by molar-refractivity contribution is 5.00. The Morgan fingerprint density at radius 2 is 1.89 bits per heavy atom. The molecule has 0 heterocycles. The van der Waals surface area contributed by atoms with Gasteiger partial charge in [-0.3, -0.25) is 0 Å². The molecule has 0 atom stereocenters. The maximum atomic E-state index is 2.12. The average Bonchev–Trinajstić information content (AvgIpc) is 1.80. The third kappa shape index (κ3) is 7.28. The number of nitrogens with zero attached hydrogens (tertiary/aromatic N) is 1. The highest BCUT2D eigenvalue weighted by Gasteiger charge is 1.69. The molecule has 0 aromatic rings. The standard InChI is InChI=1S/C8H15N/c1-4-5-6-7-8-9(2)3/h5-8H,4H2,1-3H3/b6-5-,8-7+. The molecule has 0 radical (unpaired) electrons. The summed E-state index contributed by atoms with van der Waals surface area (Å²) < 4.78 is 0. The first-order chi connectivity index (χ1) is 4.27. The molecule has 52 valence electrons. The summed E-state index contributed by atoms with van der Waals surface area (Å²) >= 11 is 0. The summed E-state index contributed by atoms with van der Waals surface area (Å²) in [5.74, 6) is 0. The van der Waals surface area contributed by atoms with Crippen LogP contribution < -0.4 is 0 Å². The Hall–Kier alpha value is -0.720. The summed E-state index contributed by atoms with van der Waals surface area (Å²) in [5, 5.41) is 0. The van der Waals surface area contributed by atoms with E-state index >= 15 is 0 Å². The average molecular weight is 125 g/mol. The molecule has 1 nitrogen and oxygen atoms in total. The van der Waals surface area contributed by atoms with Crippen molar-refractivity contribution in [3.63, 3.8) is 0 Å². The van der Waals surface area contributed by atoms with E-state index in [0.717, 1.165) is 6.42 Å². The largest absolute Gasteiger partial charge is 0.383 e. The molecule has 0 bridgehead atoms. The van der Waals surface area contributed by atoms with E-state index in [9.17, 15) is 0 Å². The predicted octanol–water partition coefficient (Wildman–Crippen LogP) is 2.03. The van der Waals surface area contributed by atoms with Crippen LogP contribution in [0.5, 0.6) is 0 Å². The lowest BCUT2D eigenvalue weighted by Gasteiger charge is -2.00. The molecule has 0 saturated heterocycles. The summed E-state index contributed by atoms with van der Waals surface area (Å²) in [4.78, 5) is 2.01. The fourth-order valence-corrected chi connectivity index (χ4v) is 0.436. The molecule has 1 heteroatoms. The van der Waals surface area contributed by atoms with E-state index in [4.69, 9.17) is 0 Å². The van der Waals surface area contributed by atoms with Crippen LogP contribution in [0.2, 0.25) is 0 Å². The first kappa shape index (κ1) is 8.28. The van der Waals surface area contributed by atoms with Crippen molar-refractivity contribution >= 4 is 0 Å². The second kappa shape index (κ2) is 5.42. The van der Waals surface area contributed by atoms with Crippen LogP contribution in [0.25, 0.3) is 0 Å². The van der Waals surface area contributed by atoms with Crippen LogP contribution in [-0.4, -0.2) is 19.0 Å². The van der Waals surface area contributed by atoms with Gasteiger partial charge in [-0.15, -0.1) is 0 Å². The van der Waals surface area contributed by atoms with Crippen LogP contribution in [0.1, 0.15) is 13.3 Å². The minimum absolute atomic E-state index is 1.11. The second-order valence-electron chi connectivity index (χ2n) is 2.14. The Morgan fingerprint density at radius 1 is 1.22 bits per heavy atom. The highest BCUT2D eigenvalue weighted by Crippen LogP contribution is 1.82. The Labute approximate surface area is 57.7 Å². The summed E-state index contributed by atoms with van der Waals surface area (Å²) in [6, 6.07) is 0. The van der Waals surface area contributed by atoms with E-state index in [2.05, 4.69) is 19.1 Å². The van der Waals surface area contributed by atoms with Crippen molar-refractivity contribution < 1.29 is 0 Å². The number of hydrogen-bond acceptors (Lipinski definition) is 1. The lowest BCUT2D eigenvalue weighted by atomic mass is 10.4. The van der Waals surface area contributed by atoms with Crippen molar-refractivity contribution in [1.82, 2.24) is 4.90 Å². The second-order valence-corrected chi connectivity index (χ2v) is 2.14. The zero-order valence-corrected chi connectivity index (χ0v) is 6.46. The van der Waals surface area contributed by atoms with Crippen molar-refractivity contribution in [3.8, 4) is 0 Å². The topological polar surface area (TPSA) is 3.24 Å². The summed E-state index contributed by atoms with van der Waals surface area (Å²) in [5.41, 5.74) is 0. The van der Waals surface area contributed by atoms with Crippen molar-refractivity contribution in [1.29, 1.82) is 0 Å². The van der Waals surface area contributed by atoms with Gasteiger partial charge in [-0.25, -0.2) is 0 Å². The van der Waals surface area contributed by atoms with Gasteiger partial charge in [-0.2, -0.15) is 0 Å². The van der Waals surface area contributed by atoms with Gasteiger partial charge in [0.15, 0.2) is 0 Å². The molecule has 9 heavy (non-hydrogen) atoms. The summed E-state index contributed by atoms with van der Waals surface area (Å²) in [6.45, 7) is 2.12. The van der Waals surface area contributed by atoms with E-state index in [-0.39, 0.29) is 0 Å². The van der Waals surface area contributed by atoms with Crippen LogP contribution in [0.4, 0.5) is 0 Å². The minimum Gasteiger partial charge on any atom is -0.383 e. The van der Waals surface area contributed by atoms with Crippen molar-refractivity contribution in [2.45, 2.75) is 13.3 Å². The van der Waals surface area contributed by atoms with Gasteiger partial charge in [-0.05, 0) is 18.7 Å². The molecule has 0 aliphatic rings. The molecule has 0 aromatic carbocycles. The molecule has 0 spiro atoms. The molecule has 0 N–H and O–H groups in total. The lowest BCUT2D eigenvalue weighted by molar-refractivity contribution is 0.564. The Kier molecular flexibility index (Phi) is 4.98. The molecular weight excluding hydrogens is 110 g/mol. The van der Waals surface area contributed by atoms with Gasteiger partial charge in [0.2, 0.25) is 0 Å². The lowest BCUT2D eigenvalue weighted by Crippen LogP contribution is -1.99. The maximum Gasteiger partial charge on any atom is 0.00556 e. The van der Waals surface area contributed by atoms with Crippen LogP contribution in [0, 0.1) is 0 Å². The highest BCUT2D eigenvalue weighted by atomic mass is 15.0. The van der Waals surface area contributed by atoms with Gasteiger partial charge in [0.25, 0.3) is 0 Å². The van der Waals surface area contributed by atoms with Crippen molar-refractivity contribution in [2.75, 3.05) is 14.1 Å². The molecule has 0 amide bonds. The zero-order valence-electron chi connectivity index (χ0n) is 6.46. The SMILES string of the molecule is CC/C=C\C=C\N(C)C. The minimum atomic E-state index is 1.11. The zero-order chi connectivity index (χ0) is 7.11. The fourth-order valence-electron chi connectivity index (χ4n) is 0.436. The van der Waals surface area contributed by atoms with E-state index in [0.29, 0.717) is 0 Å². The normalized spacial score (nSPS) is 11.4. The molecule has 0 aliphatic heterocycles. The van der Waals surface area contributed by atoms with E-state index in [1.165, 1.54) is 0 Å². The Balaban J connectivity index is 3.35. The quantitative estimate of drug-likeness (QED) is 0.522. The fraction of sp³-hybridized carbons (Fsp3) is 0.500. The van der Waals surface area contributed by atoms with Gasteiger partial charge >= 0.3 is 0 Å². The Bertz CT molecular complexity index is 101. The van der Waals surface area contributed by atoms with Gasteiger partial charge in [0.1, 0.15) is 0 Å². The van der Waals surface area contributed by atoms with Gasteiger partial charge in [-0.1, -0.05) is 19.1 Å². The van der Waals surface area contributed by atoms with E-state index in [1.54, 1.807) is 0 Å². The molecule has 0 saturated carbocycles. The summed E-state index contributed by atoms with van der Waals surface area (Å²) in [6.07, 6.45) is 9.34. The predicted molar refractivity (Wildman–Crippen MR) is 42.3 cm³/mol. The van der Waals surface area contributed by atoms with Crippen LogP contribution in [-0.2, 0) is 0 Å². The van der Waals surface area contributed by atoms with E-state index < -0.39 is 0 Å². The number of hydrogen-bond donors (Lipinski definition) is 0. The molecule has 0 fully saturated rings. The summed E-state index contributed by atoms with van der Waals surface area (Å²) in [7, 11) is 4.02. The first-order valence-electron chi connectivity index (χ1n) is 3.27. The number of allylic oxidation sites excluding steroid dienone is 3. The van der Waals surface area contributed by atoms with Gasteiger partial charge < -0.3 is 4.90 Å².